The van der Waals surface area contributed by atoms with Crippen molar-refractivity contribution in [2.45, 2.75) is 99.8 Å². The number of hydrogen-bond donors (Lipinski definition) is 3. The predicted molar refractivity (Wildman–Crippen MR) is 259 cm³/mol. The van der Waals surface area contributed by atoms with E-state index in [1.54, 1.807) is 18.5 Å². The van der Waals surface area contributed by atoms with Gasteiger partial charge in [0.15, 0.2) is 0 Å². The highest BCUT2D eigenvalue weighted by molar-refractivity contribution is 7.90. The number of piperazine rings is 1. The van der Waals surface area contributed by atoms with E-state index < -0.39 is 21.5 Å². The molecule has 4 aliphatic heterocycles. The summed E-state index contributed by atoms with van der Waals surface area (Å²) in [6, 6.07) is 21.6. The summed E-state index contributed by atoms with van der Waals surface area (Å²) in [7, 11) is -2.41. The third-order valence-corrected chi connectivity index (χ3v) is 17.1. The van der Waals surface area contributed by atoms with Crippen LogP contribution in [0.2, 0.25) is 0 Å². The molecule has 3 saturated heterocycles. The van der Waals surface area contributed by atoms with Crippen LogP contribution in [-0.4, -0.2) is 116 Å². The molecule has 1 amide bonds. The van der Waals surface area contributed by atoms with E-state index in [0.717, 1.165) is 89.1 Å². The molecule has 16 heteroatoms. The number of carbonyl (C=O) groups is 1. The highest BCUT2D eigenvalue weighted by Gasteiger charge is 2.56. The Morgan fingerprint density at radius 2 is 1.76 bits per heavy atom. The number of carbonyl (C=O) groups excluding carboxylic acids is 1. The van der Waals surface area contributed by atoms with E-state index in [-0.39, 0.29) is 33.7 Å². The van der Waals surface area contributed by atoms with Crippen LogP contribution in [0.3, 0.4) is 0 Å². The van der Waals surface area contributed by atoms with Gasteiger partial charge in [-0.05, 0) is 123 Å². The van der Waals surface area contributed by atoms with E-state index in [1.807, 2.05) is 24.3 Å². The van der Waals surface area contributed by atoms with E-state index >= 15 is 0 Å². The second-order valence-electron chi connectivity index (χ2n) is 20.4. The Morgan fingerprint density at radius 3 is 2.52 bits per heavy atom. The summed E-state index contributed by atoms with van der Waals surface area (Å²) in [5.41, 5.74) is 4.67. The van der Waals surface area contributed by atoms with Gasteiger partial charge in [0.1, 0.15) is 39.9 Å². The zero-order valence-corrected chi connectivity index (χ0v) is 39.5. The van der Waals surface area contributed by atoms with Crippen LogP contribution in [0.1, 0.15) is 98.7 Å². The molecule has 2 atom stereocenters. The van der Waals surface area contributed by atoms with E-state index in [1.165, 1.54) is 48.9 Å². The van der Waals surface area contributed by atoms with Crippen molar-refractivity contribution in [1.82, 2.24) is 29.4 Å². The number of ether oxygens (including phenoxy) is 2. The molecule has 0 bridgehead atoms. The fraction of sp³-hybridized carbons (Fsp3) is 0.490. The smallest absolute Gasteiger partial charge is 0.268 e. The molecule has 3 aromatic carbocycles. The van der Waals surface area contributed by atoms with Crippen LogP contribution in [0.5, 0.6) is 17.2 Å². The van der Waals surface area contributed by atoms with Crippen LogP contribution in [0, 0.1) is 10.3 Å². The fourth-order valence-corrected chi connectivity index (χ4v) is 12.7. The van der Waals surface area contributed by atoms with Gasteiger partial charge in [0.25, 0.3) is 15.9 Å². The normalized spacial score (nSPS) is 22.9. The molecule has 2 saturated carbocycles. The van der Waals surface area contributed by atoms with Gasteiger partial charge in [0.05, 0.1) is 22.7 Å². The average Bonchev–Trinajstić information content (AvgIpc) is 3.65. The number of hydrogen-bond acceptors (Lipinski definition) is 13. The molecule has 0 unspecified atom stereocenters. The van der Waals surface area contributed by atoms with Gasteiger partial charge in [-0.25, -0.2) is 18.1 Å². The highest BCUT2D eigenvalue weighted by atomic mass is 32.2. The van der Waals surface area contributed by atoms with Crippen molar-refractivity contribution < 1.29 is 22.7 Å². The summed E-state index contributed by atoms with van der Waals surface area (Å²) >= 11 is 0. The lowest BCUT2D eigenvalue weighted by atomic mass is 9.59. The SMILES string of the molecule is CC(C)c1ccccc1[C@@H]1CCCN1C1CC2(CCN(c3ccc(C(=O)NS(=O)(=O)c4cc(N=O)c5c(c4)OC4(CC4)[C@H](CN4CCN(C)CC4)N5)c(Oc4cnc5[nH]ccc5c4)c3)CC2)C1. The molecule has 5 fully saturated rings. The number of aromatic nitrogens is 2. The van der Waals surface area contributed by atoms with Gasteiger partial charge in [-0.3, -0.25) is 14.6 Å². The zero-order chi connectivity index (χ0) is 46.1. The number of nitroso groups, excluding NO2 is 1. The second-order valence-corrected chi connectivity index (χ2v) is 22.1. The number of H-pyrrole nitrogens is 1. The Hall–Kier alpha value is -5.55. The first-order valence-electron chi connectivity index (χ1n) is 24.2. The molecule has 67 heavy (non-hydrogen) atoms. The predicted octanol–water partition coefficient (Wildman–Crippen LogP) is 8.53. The van der Waals surface area contributed by atoms with Crippen LogP contribution in [-0.2, 0) is 10.0 Å². The van der Waals surface area contributed by atoms with Gasteiger partial charge in [-0.15, -0.1) is 4.91 Å². The van der Waals surface area contributed by atoms with Crippen LogP contribution >= 0.6 is 0 Å². The number of amides is 1. The molecule has 0 radical (unpaired) electrons. The molecule has 5 aromatic rings. The maximum atomic E-state index is 14.2. The number of nitrogens with zero attached hydrogens (tertiary/aromatic N) is 6. The van der Waals surface area contributed by atoms with Crippen molar-refractivity contribution in [3.8, 4) is 17.2 Å². The number of rotatable bonds is 12. The van der Waals surface area contributed by atoms with Gasteiger partial charge in [0.2, 0.25) is 0 Å². The molecule has 15 nitrogen and oxygen atoms in total. The fourth-order valence-electron chi connectivity index (χ4n) is 11.7. The molecule has 6 aliphatic rings. The average molecular weight is 928 g/mol. The molecule has 2 aromatic heterocycles. The number of nitrogens with one attached hydrogen (secondary N) is 3. The number of anilines is 2. The van der Waals surface area contributed by atoms with Crippen molar-refractivity contribution in [2.24, 2.45) is 10.6 Å². The summed E-state index contributed by atoms with van der Waals surface area (Å²) in [4.78, 5) is 43.6. The number of aromatic amines is 1. The Kier molecular flexibility index (Phi) is 11.3. The third-order valence-electron chi connectivity index (χ3n) is 15.8. The molecular formula is C51H61N9O6S. The minimum Gasteiger partial charge on any atom is -0.483 e. The summed E-state index contributed by atoms with van der Waals surface area (Å²) in [5.74, 6) is 0.447. The lowest BCUT2D eigenvalue weighted by molar-refractivity contribution is -0.0227. The van der Waals surface area contributed by atoms with Crippen molar-refractivity contribution >= 4 is 44.0 Å². The number of likely N-dealkylation sites (tertiary alicyclic amines) is 1. The van der Waals surface area contributed by atoms with E-state index in [9.17, 15) is 18.1 Å². The topological polar surface area (TPSA) is 165 Å². The first-order chi connectivity index (χ1) is 32.4. The Balaban J connectivity index is 0.802. The summed E-state index contributed by atoms with van der Waals surface area (Å²) in [6.45, 7) is 12.0. The maximum absolute atomic E-state index is 14.2. The number of piperidine rings is 1. The molecule has 352 valence electrons. The minimum atomic E-state index is -4.52. The van der Waals surface area contributed by atoms with Crippen molar-refractivity contribution in [1.29, 1.82) is 0 Å². The number of likely N-dealkylation sites (N-methyl/N-ethyl adjacent to an activating group) is 1. The summed E-state index contributed by atoms with van der Waals surface area (Å²) in [5, 5.41) is 7.55. The highest BCUT2D eigenvalue weighted by Crippen LogP contribution is 2.55. The molecular weight excluding hydrogens is 867 g/mol. The van der Waals surface area contributed by atoms with Crippen LogP contribution < -0.4 is 24.4 Å². The molecule has 2 aliphatic carbocycles. The van der Waals surface area contributed by atoms with Gasteiger partial charge < -0.3 is 29.6 Å². The first-order valence-corrected chi connectivity index (χ1v) is 25.7. The van der Waals surface area contributed by atoms with Crippen LogP contribution in [0.25, 0.3) is 11.0 Å². The van der Waals surface area contributed by atoms with E-state index in [0.29, 0.717) is 40.5 Å². The minimum absolute atomic E-state index is 0.0318. The summed E-state index contributed by atoms with van der Waals surface area (Å²) in [6.07, 6.45) is 12.0. The van der Waals surface area contributed by atoms with Crippen molar-refractivity contribution in [3.63, 3.8) is 0 Å². The quantitative estimate of drug-likeness (QED) is 0.102. The van der Waals surface area contributed by atoms with Gasteiger partial charge in [-0.2, -0.15) is 0 Å². The maximum Gasteiger partial charge on any atom is 0.268 e. The molecule has 2 spiro atoms. The lowest BCUT2D eigenvalue weighted by Gasteiger charge is -2.56. The van der Waals surface area contributed by atoms with E-state index in [4.69, 9.17) is 9.47 Å². The lowest BCUT2D eigenvalue weighted by Crippen LogP contribution is -2.54. The summed E-state index contributed by atoms with van der Waals surface area (Å²) < 4.78 is 43.4. The monoisotopic (exact) mass is 927 g/mol. The van der Waals surface area contributed by atoms with Gasteiger partial charge in [0, 0.05) is 87.3 Å². The third kappa shape index (κ3) is 8.44. The Morgan fingerprint density at radius 1 is 0.970 bits per heavy atom. The number of fused-ring (bicyclic) bond motifs is 2. The number of sulfonamides is 1. The number of benzene rings is 3. The van der Waals surface area contributed by atoms with Gasteiger partial charge >= 0.3 is 0 Å². The first kappa shape index (κ1) is 44.0. The van der Waals surface area contributed by atoms with Crippen molar-refractivity contribution in [3.05, 3.63) is 101 Å². The molecule has 11 rings (SSSR count). The van der Waals surface area contributed by atoms with Crippen LogP contribution in [0.4, 0.5) is 17.1 Å². The number of pyridine rings is 1. The molecule has 6 heterocycles. The zero-order valence-electron chi connectivity index (χ0n) is 38.7. The van der Waals surface area contributed by atoms with Gasteiger partial charge in [-0.1, -0.05) is 38.1 Å². The van der Waals surface area contributed by atoms with Crippen molar-refractivity contribution in [2.75, 3.05) is 69.6 Å². The van der Waals surface area contributed by atoms with Crippen LogP contribution in [0.15, 0.2) is 89.2 Å². The standard InChI is InChI=1S/C51H61N9O6S/c1-33(2)39-7-4-5-8-40(39)43-9-6-18-60(43)36-29-50(30-36)15-19-59(20-16-50)35-10-11-41(44(26-35)65-37-25-34-12-17-52-48(34)53-31-37)49(61)56-67(63,64)38-27-42(55-62)47-45(28-38)66-51(13-14-51)46(54-47)32-58-23-21-57(3)22-24-58/h4-5,7-8,10-12,17,25-28,31,33,36,43,46,54H,6,9,13-16,18-24,29-30,32H2,1-3H3,(H,52,53)(H,56,61)/t43-,46-/m0/s1. The Bertz CT molecular complexity index is 2800. The molecule has 3 N–H and O–H groups in total. The Labute approximate surface area is 392 Å². The second kappa shape index (κ2) is 17.2. The van der Waals surface area contributed by atoms with E-state index in [2.05, 4.69) is 89.9 Å². The largest absolute Gasteiger partial charge is 0.483 e.